The van der Waals surface area contributed by atoms with E-state index in [1.54, 1.807) is 13.8 Å². The zero-order valence-corrected chi connectivity index (χ0v) is 15.7. The van der Waals surface area contributed by atoms with Crippen LogP contribution in [0.15, 0.2) is 24.3 Å². The first-order valence-corrected chi connectivity index (χ1v) is 8.42. The molecule has 0 aromatic heterocycles. The van der Waals surface area contributed by atoms with Gasteiger partial charge in [-0.25, -0.2) is 9.18 Å². The average Bonchev–Trinajstić information content (AvgIpc) is 2.58. The normalized spacial score (nSPS) is 10.7. The first kappa shape index (κ1) is 20.8. The number of aliphatic carboxylic acids is 1. The number of nitrogens with one attached hydrogen (secondary N) is 1. The zero-order valence-electron chi connectivity index (χ0n) is 14.2. The molecule has 2 aromatic carbocycles. The van der Waals surface area contributed by atoms with Crippen LogP contribution >= 0.6 is 23.2 Å². The molecular weight excluding hydrogens is 400 g/mol. The number of carbonyl (C=O) groups is 2. The van der Waals surface area contributed by atoms with Gasteiger partial charge in [0.2, 0.25) is 0 Å². The Labute approximate surface area is 164 Å². The molecule has 1 amide bonds. The summed E-state index contributed by atoms with van der Waals surface area (Å²) >= 11 is 12.2. The van der Waals surface area contributed by atoms with Crippen LogP contribution in [0.2, 0.25) is 10.0 Å². The highest BCUT2D eigenvalue weighted by atomic mass is 35.5. The van der Waals surface area contributed by atoms with Crippen molar-refractivity contribution in [2.45, 2.75) is 19.8 Å². The number of carbonyl (C=O) groups excluding carboxylic acids is 1. The van der Waals surface area contributed by atoms with Crippen LogP contribution in [0.25, 0.3) is 0 Å². The molecule has 0 unspecified atom stereocenters. The van der Waals surface area contributed by atoms with Gasteiger partial charge in [-0.2, -0.15) is 0 Å². The minimum Gasteiger partial charge on any atom is -0.505 e. The maximum Gasteiger partial charge on any atom is 0.329 e. The lowest BCUT2D eigenvalue weighted by molar-refractivity contribution is -0.133. The van der Waals surface area contributed by atoms with Gasteiger partial charge in [-0.1, -0.05) is 37.0 Å². The molecule has 0 heterocycles. The molecule has 143 valence electrons. The van der Waals surface area contributed by atoms with Gasteiger partial charge in [0.05, 0.1) is 10.0 Å². The number of amides is 1. The van der Waals surface area contributed by atoms with Gasteiger partial charge in [0, 0.05) is 17.2 Å². The predicted molar refractivity (Wildman–Crippen MR) is 98.1 cm³/mol. The summed E-state index contributed by atoms with van der Waals surface area (Å²) in [4.78, 5) is 22.3. The number of benzene rings is 2. The van der Waals surface area contributed by atoms with E-state index in [0.717, 1.165) is 6.07 Å². The quantitative estimate of drug-likeness (QED) is 0.634. The molecular formula is C18H15Cl2FNO5. The van der Waals surface area contributed by atoms with Crippen LogP contribution < -0.4 is 10.1 Å². The molecule has 9 heteroatoms. The van der Waals surface area contributed by atoms with Crippen molar-refractivity contribution in [3.05, 3.63) is 57.8 Å². The second kappa shape index (κ2) is 8.45. The van der Waals surface area contributed by atoms with Crippen molar-refractivity contribution in [2.75, 3.05) is 0 Å². The summed E-state index contributed by atoms with van der Waals surface area (Å²) in [5.74, 6) is -3.49. The summed E-state index contributed by atoms with van der Waals surface area (Å²) < 4.78 is 19.5. The molecule has 2 aromatic rings. The van der Waals surface area contributed by atoms with Crippen LogP contribution in [-0.2, 0) is 4.79 Å². The molecule has 0 aliphatic carbocycles. The third-order valence-corrected chi connectivity index (χ3v) is 4.06. The molecule has 27 heavy (non-hydrogen) atoms. The number of carboxylic acids is 1. The third kappa shape index (κ3) is 5.02. The Kier molecular flexibility index (Phi) is 6.51. The van der Waals surface area contributed by atoms with Crippen LogP contribution in [0.3, 0.4) is 0 Å². The summed E-state index contributed by atoms with van der Waals surface area (Å²) in [6.07, 6.45) is 0. The van der Waals surface area contributed by atoms with Crippen LogP contribution in [0.5, 0.6) is 17.2 Å². The molecule has 6 nitrogen and oxygen atoms in total. The highest BCUT2D eigenvalue weighted by Crippen LogP contribution is 2.40. The molecule has 1 radical (unpaired) electrons. The van der Waals surface area contributed by atoms with Crippen LogP contribution in [-0.4, -0.2) is 22.1 Å². The molecule has 0 spiro atoms. The van der Waals surface area contributed by atoms with Gasteiger partial charge in [0.15, 0.2) is 23.9 Å². The van der Waals surface area contributed by atoms with Crippen molar-refractivity contribution in [1.82, 2.24) is 5.32 Å². The van der Waals surface area contributed by atoms with E-state index in [1.807, 2.05) is 0 Å². The fourth-order valence-corrected chi connectivity index (χ4v) is 2.77. The second-order valence-electron chi connectivity index (χ2n) is 5.82. The summed E-state index contributed by atoms with van der Waals surface area (Å²) in [7, 11) is 0. The maximum atomic E-state index is 13.9. The number of hydrogen-bond donors (Lipinski definition) is 3. The van der Waals surface area contributed by atoms with Gasteiger partial charge in [-0.15, -0.1) is 0 Å². The Morgan fingerprint density at radius 2 is 1.78 bits per heavy atom. The lowest BCUT2D eigenvalue weighted by Gasteiger charge is -2.15. The van der Waals surface area contributed by atoms with Crippen molar-refractivity contribution in [2.24, 2.45) is 0 Å². The largest absolute Gasteiger partial charge is 0.505 e. The van der Waals surface area contributed by atoms with E-state index in [9.17, 15) is 19.1 Å². The minimum atomic E-state index is -1.32. The number of hydrogen-bond acceptors (Lipinski definition) is 4. The Balaban J connectivity index is 2.33. The van der Waals surface area contributed by atoms with E-state index in [-0.39, 0.29) is 33.0 Å². The van der Waals surface area contributed by atoms with Crippen LogP contribution in [0.1, 0.15) is 35.7 Å². The monoisotopic (exact) mass is 414 g/mol. The smallest absolute Gasteiger partial charge is 0.329 e. The van der Waals surface area contributed by atoms with E-state index in [1.165, 1.54) is 18.2 Å². The Morgan fingerprint density at radius 3 is 2.30 bits per heavy atom. The molecule has 0 bridgehead atoms. The Morgan fingerprint density at radius 1 is 1.19 bits per heavy atom. The van der Waals surface area contributed by atoms with Crippen molar-refractivity contribution in [3.8, 4) is 17.2 Å². The van der Waals surface area contributed by atoms with Crippen molar-refractivity contribution >= 4 is 35.1 Å². The SMILES string of the molecule is CC(C)c1cc(Oc2c(Cl)cc(C(=O)N[CH]C(=O)O)cc2Cl)cc(F)c1O. The van der Waals surface area contributed by atoms with Crippen molar-refractivity contribution < 1.29 is 28.9 Å². The molecule has 3 N–H and O–H groups in total. The topological polar surface area (TPSA) is 95.9 Å². The van der Waals surface area contributed by atoms with Gasteiger partial charge in [-0.3, -0.25) is 4.79 Å². The number of halogens is 3. The van der Waals surface area contributed by atoms with E-state index in [4.69, 9.17) is 33.0 Å². The highest BCUT2D eigenvalue weighted by molar-refractivity contribution is 6.37. The van der Waals surface area contributed by atoms with E-state index < -0.39 is 23.4 Å². The van der Waals surface area contributed by atoms with Gasteiger partial charge in [-0.05, 0) is 24.1 Å². The number of rotatable bonds is 6. The lowest BCUT2D eigenvalue weighted by atomic mass is 10.0. The third-order valence-electron chi connectivity index (χ3n) is 3.50. The van der Waals surface area contributed by atoms with Gasteiger partial charge >= 0.3 is 5.97 Å². The average molecular weight is 415 g/mol. The molecule has 0 aliphatic rings. The zero-order chi connectivity index (χ0) is 20.3. The molecule has 0 aliphatic heterocycles. The number of carboxylic acid groups (broad SMARTS) is 1. The summed E-state index contributed by atoms with van der Waals surface area (Å²) in [6.45, 7) is 4.13. The summed E-state index contributed by atoms with van der Waals surface area (Å²) in [6, 6.07) is 4.90. The number of ether oxygens (including phenoxy) is 1. The van der Waals surface area contributed by atoms with Crippen LogP contribution in [0.4, 0.5) is 4.39 Å². The lowest BCUT2D eigenvalue weighted by Crippen LogP contribution is -2.24. The Hall–Kier alpha value is -2.51. The van der Waals surface area contributed by atoms with Crippen molar-refractivity contribution in [3.63, 3.8) is 0 Å². The van der Waals surface area contributed by atoms with E-state index in [2.05, 4.69) is 5.32 Å². The molecule has 2 rings (SSSR count). The predicted octanol–water partition coefficient (Wildman–Crippen LogP) is 4.73. The number of aromatic hydroxyl groups is 1. The first-order valence-electron chi connectivity index (χ1n) is 7.66. The fraction of sp³-hybridized carbons (Fsp3) is 0.167. The van der Waals surface area contributed by atoms with Crippen LogP contribution in [0, 0.1) is 12.4 Å². The summed E-state index contributed by atoms with van der Waals surface area (Å²) in [5.41, 5.74) is 0.354. The van der Waals surface area contributed by atoms with Gasteiger partial charge in [0.1, 0.15) is 5.75 Å². The first-order chi connectivity index (χ1) is 12.6. The fourth-order valence-electron chi connectivity index (χ4n) is 2.21. The molecule has 0 saturated heterocycles. The molecule has 0 fully saturated rings. The van der Waals surface area contributed by atoms with E-state index in [0.29, 0.717) is 12.1 Å². The van der Waals surface area contributed by atoms with Crippen molar-refractivity contribution in [1.29, 1.82) is 0 Å². The molecule has 0 atom stereocenters. The van der Waals surface area contributed by atoms with E-state index >= 15 is 0 Å². The second-order valence-corrected chi connectivity index (χ2v) is 6.64. The molecule has 0 saturated carbocycles. The maximum absolute atomic E-state index is 13.9. The Bertz CT molecular complexity index is 879. The van der Waals surface area contributed by atoms with Gasteiger partial charge < -0.3 is 20.3 Å². The number of phenols is 1. The standard InChI is InChI=1S/C18H15Cl2FNO5/c1-8(2)11-5-10(6-14(21)16(11)25)27-17-12(19)3-9(4-13(17)20)18(26)22-7-15(23)24/h3-8,25H,1-2H3,(H,22,26)(H,23,24). The minimum absolute atomic E-state index is 0.00889. The number of phenolic OH excluding ortho intramolecular Hbond substituents is 1. The van der Waals surface area contributed by atoms with Gasteiger partial charge in [0.25, 0.3) is 5.91 Å². The summed E-state index contributed by atoms with van der Waals surface area (Å²) in [5, 5.41) is 20.3. The highest BCUT2D eigenvalue weighted by Gasteiger charge is 2.18.